The Bertz CT molecular complexity index is 199. The van der Waals surface area contributed by atoms with E-state index < -0.39 is 0 Å². The summed E-state index contributed by atoms with van der Waals surface area (Å²) in [6.45, 7) is 4.73. The molecule has 0 aliphatic carbocycles. The standard InChI is InChI=1S/C10H18N2O/c1-9(13)12-7-4-10(5-8-12)3-2-6-11-10/h11H,2-8H2,1H3. The molecule has 0 aromatic rings. The van der Waals surface area contributed by atoms with E-state index in [2.05, 4.69) is 5.32 Å². The van der Waals surface area contributed by atoms with Crippen molar-refractivity contribution in [2.75, 3.05) is 19.6 Å². The molecule has 74 valence electrons. The van der Waals surface area contributed by atoms with Crippen LogP contribution in [0.3, 0.4) is 0 Å². The van der Waals surface area contributed by atoms with Gasteiger partial charge in [-0.05, 0) is 32.2 Å². The lowest BCUT2D eigenvalue weighted by atomic mass is 9.86. The molecule has 0 unspecified atom stereocenters. The van der Waals surface area contributed by atoms with Crippen LogP contribution in [0.2, 0.25) is 0 Å². The number of piperidine rings is 1. The third-order valence-electron chi connectivity index (χ3n) is 3.50. The van der Waals surface area contributed by atoms with E-state index in [1.807, 2.05) is 4.90 Å². The second-order valence-electron chi connectivity index (χ2n) is 4.32. The molecule has 0 aromatic heterocycles. The molecule has 2 heterocycles. The maximum atomic E-state index is 11.1. The zero-order valence-electron chi connectivity index (χ0n) is 8.31. The first-order chi connectivity index (χ1) is 6.22. The van der Waals surface area contributed by atoms with Crippen LogP contribution in [0.25, 0.3) is 0 Å². The van der Waals surface area contributed by atoms with Crippen molar-refractivity contribution in [2.45, 2.75) is 38.1 Å². The van der Waals surface area contributed by atoms with E-state index in [-0.39, 0.29) is 5.91 Å². The largest absolute Gasteiger partial charge is 0.343 e. The molecule has 0 radical (unpaired) electrons. The molecule has 1 amide bonds. The van der Waals surface area contributed by atoms with Gasteiger partial charge in [-0.1, -0.05) is 0 Å². The Balaban J connectivity index is 1.91. The van der Waals surface area contributed by atoms with Crippen LogP contribution in [-0.2, 0) is 4.79 Å². The molecule has 3 nitrogen and oxygen atoms in total. The van der Waals surface area contributed by atoms with Gasteiger partial charge in [0.25, 0.3) is 0 Å². The van der Waals surface area contributed by atoms with E-state index in [0.29, 0.717) is 5.54 Å². The van der Waals surface area contributed by atoms with E-state index >= 15 is 0 Å². The van der Waals surface area contributed by atoms with Crippen molar-refractivity contribution >= 4 is 5.91 Å². The highest BCUT2D eigenvalue weighted by Gasteiger charge is 2.36. The number of rotatable bonds is 0. The first-order valence-electron chi connectivity index (χ1n) is 5.22. The molecule has 1 N–H and O–H groups in total. The molecule has 2 rings (SSSR count). The molecule has 0 aromatic carbocycles. The topological polar surface area (TPSA) is 32.3 Å². The van der Waals surface area contributed by atoms with Crippen molar-refractivity contribution in [3.8, 4) is 0 Å². The summed E-state index contributed by atoms with van der Waals surface area (Å²) in [7, 11) is 0. The molecule has 2 saturated heterocycles. The fraction of sp³-hybridized carbons (Fsp3) is 0.900. The van der Waals surface area contributed by atoms with Crippen molar-refractivity contribution < 1.29 is 4.79 Å². The van der Waals surface area contributed by atoms with Crippen molar-refractivity contribution in [3.63, 3.8) is 0 Å². The van der Waals surface area contributed by atoms with Crippen molar-refractivity contribution in [1.82, 2.24) is 10.2 Å². The number of hydrogen-bond acceptors (Lipinski definition) is 2. The zero-order valence-corrected chi connectivity index (χ0v) is 8.31. The van der Waals surface area contributed by atoms with E-state index in [4.69, 9.17) is 0 Å². The number of likely N-dealkylation sites (tertiary alicyclic amines) is 1. The fourth-order valence-electron chi connectivity index (χ4n) is 2.55. The average molecular weight is 182 g/mol. The maximum Gasteiger partial charge on any atom is 0.219 e. The van der Waals surface area contributed by atoms with Gasteiger partial charge in [0.1, 0.15) is 0 Å². The lowest BCUT2D eigenvalue weighted by Crippen LogP contribution is -2.50. The molecule has 0 saturated carbocycles. The van der Waals surface area contributed by atoms with Crippen LogP contribution in [0.5, 0.6) is 0 Å². The zero-order chi connectivity index (χ0) is 9.31. The van der Waals surface area contributed by atoms with Gasteiger partial charge in [-0.15, -0.1) is 0 Å². The van der Waals surface area contributed by atoms with Crippen LogP contribution in [0.15, 0.2) is 0 Å². The Morgan fingerprint density at radius 3 is 2.46 bits per heavy atom. The molecule has 13 heavy (non-hydrogen) atoms. The van der Waals surface area contributed by atoms with Crippen LogP contribution in [0.4, 0.5) is 0 Å². The molecule has 1 spiro atoms. The molecule has 3 heteroatoms. The van der Waals surface area contributed by atoms with E-state index in [9.17, 15) is 4.79 Å². The van der Waals surface area contributed by atoms with Crippen molar-refractivity contribution in [1.29, 1.82) is 0 Å². The molecule has 0 bridgehead atoms. The summed E-state index contributed by atoms with van der Waals surface area (Å²) >= 11 is 0. The highest BCUT2D eigenvalue weighted by atomic mass is 16.2. The molecule has 2 aliphatic heterocycles. The second-order valence-corrected chi connectivity index (χ2v) is 4.32. The summed E-state index contributed by atoms with van der Waals surface area (Å²) in [6, 6.07) is 0. The highest BCUT2D eigenvalue weighted by molar-refractivity contribution is 5.73. The molecular formula is C10H18N2O. The molecule has 2 aliphatic rings. The maximum absolute atomic E-state index is 11.1. The third kappa shape index (κ3) is 1.70. The summed E-state index contributed by atoms with van der Waals surface area (Å²) in [4.78, 5) is 13.1. The van der Waals surface area contributed by atoms with Crippen molar-refractivity contribution in [2.24, 2.45) is 0 Å². The van der Waals surface area contributed by atoms with Crippen LogP contribution >= 0.6 is 0 Å². The van der Waals surface area contributed by atoms with Gasteiger partial charge in [-0.25, -0.2) is 0 Å². The summed E-state index contributed by atoms with van der Waals surface area (Å²) in [5, 5.41) is 3.59. The first-order valence-corrected chi connectivity index (χ1v) is 5.22. The number of carbonyl (C=O) groups excluding carboxylic acids is 1. The summed E-state index contributed by atoms with van der Waals surface area (Å²) in [5.74, 6) is 0.229. The minimum absolute atomic E-state index is 0.229. The van der Waals surface area contributed by atoms with E-state index in [0.717, 1.165) is 25.9 Å². The Labute approximate surface area is 79.5 Å². The Morgan fingerprint density at radius 1 is 1.31 bits per heavy atom. The third-order valence-corrected chi connectivity index (χ3v) is 3.50. The SMILES string of the molecule is CC(=O)N1CCC2(CCCN2)CC1. The van der Waals surface area contributed by atoms with E-state index in [1.54, 1.807) is 6.92 Å². The predicted molar refractivity (Wildman–Crippen MR) is 51.5 cm³/mol. The van der Waals surface area contributed by atoms with Crippen LogP contribution in [-0.4, -0.2) is 36.0 Å². The van der Waals surface area contributed by atoms with Gasteiger partial charge in [0, 0.05) is 25.6 Å². The van der Waals surface area contributed by atoms with Crippen molar-refractivity contribution in [3.05, 3.63) is 0 Å². The Morgan fingerprint density at radius 2 is 2.00 bits per heavy atom. The first kappa shape index (κ1) is 9.00. The Kier molecular flexibility index (Phi) is 2.28. The van der Waals surface area contributed by atoms with Gasteiger partial charge >= 0.3 is 0 Å². The van der Waals surface area contributed by atoms with Gasteiger partial charge in [-0.3, -0.25) is 4.79 Å². The fourth-order valence-corrected chi connectivity index (χ4v) is 2.55. The molecular weight excluding hydrogens is 164 g/mol. The summed E-state index contributed by atoms with van der Waals surface area (Å²) < 4.78 is 0. The summed E-state index contributed by atoms with van der Waals surface area (Å²) in [6.07, 6.45) is 4.90. The van der Waals surface area contributed by atoms with Gasteiger partial charge in [0.2, 0.25) is 5.91 Å². The van der Waals surface area contributed by atoms with Gasteiger partial charge in [-0.2, -0.15) is 0 Å². The van der Waals surface area contributed by atoms with Gasteiger partial charge in [0.15, 0.2) is 0 Å². The minimum Gasteiger partial charge on any atom is -0.343 e. The van der Waals surface area contributed by atoms with Gasteiger partial charge < -0.3 is 10.2 Å². The lowest BCUT2D eigenvalue weighted by Gasteiger charge is -2.39. The van der Waals surface area contributed by atoms with Crippen LogP contribution in [0.1, 0.15) is 32.6 Å². The predicted octanol–water partition coefficient (Wildman–Crippen LogP) is 0.751. The number of hydrogen-bond donors (Lipinski definition) is 1. The van der Waals surface area contributed by atoms with Crippen LogP contribution in [0, 0.1) is 0 Å². The smallest absolute Gasteiger partial charge is 0.219 e. The minimum atomic E-state index is 0.229. The van der Waals surface area contributed by atoms with E-state index in [1.165, 1.54) is 19.4 Å². The normalized spacial score (nSPS) is 26.7. The lowest BCUT2D eigenvalue weighted by molar-refractivity contribution is -0.130. The number of amides is 1. The summed E-state index contributed by atoms with van der Waals surface area (Å²) in [5.41, 5.74) is 0.395. The average Bonchev–Trinajstić information content (AvgIpc) is 2.54. The highest BCUT2D eigenvalue weighted by Crippen LogP contribution is 2.30. The number of nitrogens with zero attached hydrogens (tertiary/aromatic N) is 1. The van der Waals surface area contributed by atoms with Crippen LogP contribution < -0.4 is 5.32 Å². The Hall–Kier alpha value is -0.570. The second kappa shape index (κ2) is 3.29. The quantitative estimate of drug-likeness (QED) is 0.599. The molecule has 0 atom stereocenters. The monoisotopic (exact) mass is 182 g/mol. The molecule has 2 fully saturated rings. The van der Waals surface area contributed by atoms with Gasteiger partial charge in [0.05, 0.1) is 0 Å². The number of carbonyl (C=O) groups is 1. The number of nitrogens with one attached hydrogen (secondary N) is 1.